The second-order valence-electron chi connectivity index (χ2n) is 8.05. The molecule has 0 fully saturated rings. The van der Waals surface area contributed by atoms with Crippen LogP contribution in [-0.4, -0.2) is 30.5 Å². The van der Waals surface area contributed by atoms with E-state index in [0.29, 0.717) is 0 Å². The molecule has 27 heavy (non-hydrogen) atoms. The van der Waals surface area contributed by atoms with Crippen molar-refractivity contribution in [2.75, 3.05) is 0 Å². The molecule has 0 radical (unpaired) electrons. The summed E-state index contributed by atoms with van der Waals surface area (Å²) in [5.74, 6) is 0.863. The summed E-state index contributed by atoms with van der Waals surface area (Å²) >= 11 is 0. The molecule has 2 atom stereocenters. The van der Waals surface area contributed by atoms with Crippen molar-refractivity contribution in [1.82, 2.24) is 0 Å². The van der Waals surface area contributed by atoms with Gasteiger partial charge in [-0.25, -0.2) is 0 Å². The van der Waals surface area contributed by atoms with E-state index in [0.717, 1.165) is 34.2 Å². The molecule has 2 aromatic carbocycles. The summed E-state index contributed by atoms with van der Waals surface area (Å²) in [5.41, 5.74) is 4.59. The van der Waals surface area contributed by atoms with Crippen LogP contribution in [0.3, 0.4) is 0 Å². The van der Waals surface area contributed by atoms with Crippen LogP contribution >= 0.6 is 8.58 Å². The standard InChI is InChI=1S/C23H31O2P.Li.H/c1-8-17(4)25-19-9-11-20(12-10-19)26-22(24)21-15(2)13-18(14-16(21)3)23(5,6)7;;/h9-14,17,26H,8H2,1-7H3;;. The van der Waals surface area contributed by atoms with E-state index in [1.165, 1.54) is 5.56 Å². The quantitative estimate of drug-likeness (QED) is 0.505. The first-order chi connectivity index (χ1) is 12.1. The van der Waals surface area contributed by atoms with E-state index in [-0.39, 0.29) is 44.5 Å². The molecule has 0 spiro atoms. The number of carbonyl (C=O) groups excluding carboxylic acids is 1. The van der Waals surface area contributed by atoms with Crippen molar-refractivity contribution in [2.45, 2.75) is 66.4 Å². The Kier molecular flexibility index (Phi) is 8.82. The molecule has 0 aliphatic heterocycles. The van der Waals surface area contributed by atoms with Crippen molar-refractivity contribution in [3.8, 4) is 5.75 Å². The Morgan fingerprint density at radius 2 is 1.59 bits per heavy atom. The van der Waals surface area contributed by atoms with Gasteiger partial charge in [0.1, 0.15) is 5.75 Å². The van der Waals surface area contributed by atoms with Crippen LogP contribution in [0.5, 0.6) is 5.75 Å². The Labute approximate surface area is 178 Å². The predicted octanol–water partition coefficient (Wildman–Crippen LogP) is 5.27. The van der Waals surface area contributed by atoms with Crippen molar-refractivity contribution < 1.29 is 9.53 Å². The molecule has 2 nitrogen and oxygen atoms in total. The van der Waals surface area contributed by atoms with Crippen molar-refractivity contribution in [3.63, 3.8) is 0 Å². The molecule has 0 saturated heterocycles. The number of aryl methyl sites for hydroxylation is 2. The maximum absolute atomic E-state index is 12.9. The van der Waals surface area contributed by atoms with Gasteiger partial charge in [0.25, 0.3) is 0 Å². The van der Waals surface area contributed by atoms with Crippen LogP contribution in [-0.2, 0) is 5.41 Å². The van der Waals surface area contributed by atoms with E-state index in [4.69, 9.17) is 4.74 Å². The molecule has 2 rings (SSSR count). The fourth-order valence-electron chi connectivity index (χ4n) is 2.88. The van der Waals surface area contributed by atoms with Crippen molar-refractivity contribution in [3.05, 3.63) is 58.7 Å². The molecule has 0 bridgehead atoms. The molecule has 0 N–H and O–H groups in total. The second kappa shape index (κ2) is 9.93. The number of rotatable bonds is 6. The summed E-state index contributed by atoms with van der Waals surface area (Å²) < 4.78 is 5.81. The monoisotopic (exact) mass is 378 g/mol. The number of ether oxygens (including phenoxy) is 1. The van der Waals surface area contributed by atoms with Gasteiger partial charge < -0.3 is 4.74 Å². The normalized spacial score (nSPS) is 12.7. The summed E-state index contributed by atoms with van der Waals surface area (Å²) in [6, 6.07) is 12.3. The van der Waals surface area contributed by atoms with E-state index < -0.39 is 0 Å². The molecule has 2 aromatic rings. The number of hydrogen-bond acceptors (Lipinski definition) is 2. The summed E-state index contributed by atoms with van der Waals surface area (Å²) in [5, 5.41) is 1.05. The van der Waals surface area contributed by atoms with E-state index in [1.807, 2.05) is 38.1 Å². The number of carbonyl (C=O) groups is 1. The second-order valence-corrected chi connectivity index (χ2v) is 9.33. The van der Waals surface area contributed by atoms with Gasteiger partial charge >= 0.3 is 18.9 Å². The molecule has 0 saturated carbocycles. The molecule has 4 heteroatoms. The summed E-state index contributed by atoms with van der Waals surface area (Å²) in [6.07, 6.45) is 1.18. The van der Waals surface area contributed by atoms with Gasteiger partial charge in [-0.15, -0.1) is 0 Å². The molecular formula is C23H32LiO2P. The van der Waals surface area contributed by atoms with Gasteiger partial charge in [0.05, 0.1) is 6.10 Å². The average Bonchev–Trinajstić information content (AvgIpc) is 2.55. The Morgan fingerprint density at radius 1 is 1.07 bits per heavy atom. The molecule has 0 heterocycles. The molecule has 0 amide bonds. The Morgan fingerprint density at radius 3 is 2.04 bits per heavy atom. The third-order valence-electron chi connectivity index (χ3n) is 4.65. The van der Waals surface area contributed by atoms with Gasteiger partial charge in [-0.2, -0.15) is 0 Å². The van der Waals surface area contributed by atoms with Gasteiger partial charge in [-0.1, -0.05) is 52.0 Å². The van der Waals surface area contributed by atoms with Crippen LogP contribution in [0.25, 0.3) is 0 Å². The zero-order chi connectivity index (χ0) is 19.5. The van der Waals surface area contributed by atoms with Crippen LogP contribution in [0.4, 0.5) is 0 Å². The average molecular weight is 378 g/mol. The van der Waals surface area contributed by atoms with Crippen molar-refractivity contribution >= 4 is 38.3 Å². The van der Waals surface area contributed by atoms with Gasteiger partial charge in [0.15, 0.2) is 5.52 Å². The summed E-state index contributed by atoms with van der Waals surface area (Å²) in [4.78, 5) is 12.9. The van der Waals surface area contributed by atoms with Gasteiger partial charge in [0.2, 0.25) is 0 Å². The Hall–Kier alpha value is -1.06. The first-order valence-electron chi connectivity index (χ1n) is 9.31. The summed E-state index contributed by atoms with van der Waals surface area (Å²) in [6.45, 7) is 14.9. The minimum atomic E-state index is 0. The topological polar surface area (TPSA) is 26.3 Å². The molecular weight excluding hydrogens is 346 g/mol. The zero-order valence-electron chi connectivity index (χ0n) is 17.1. The van der Waals surface area contributed by atoms with Crippen LogP contribution < -0.4 is 10.0 Å². The third-order valence-corrected chi connectivity index (χ3v) is 5.75. The van der Waals surface area contributed by atoms with E-state index >= 15 is 0 Å². The first-order valence-corrected chi connectivity index (χ1v) is 10.3. The molecule has 142 valence electrons. The molecule has 2 unspecified atom stereocenters. The van der Waals surface area contributed by atoms with Crippen LogP contribution in [0, 0.1) is 13.8 Å². The Balaban J connectivity index is 0.00000364. The number of benzene rings is 2. The van der Waals surface area contributed by atoms with Gasteiger partial charge in [-0.3, -0.25) is 4.79 Å². The third kappa shape index (κ3) is 6.50. The van der Waals surface area contributed by atoms with E-state index in [9.17, 15) is 4.79 Å². The molecule has 0 aliphatic carbocycles. The van der Waals surface area contributed by atoms with Crippen molar-refractivity contribution in [2.24, 2.45) is 0 Å². The fourth-order valence-corrected chi connectivity index (χ4v) is 4.00. The SMILES string of the molecule is CCC(C)Oc1ccc(PC(=O)c2c(C)cc(C(C)(C)C)cc2C)cc1.[LiH]. The molecule has 0 aromatic heterocycles. The first kappa shape index (κ1) is 24.0. The van der Waals surface area contributed by atoms with Gasteiger partial charge in [-0.05, 0) is 75.3 Å². The summed E-state index contributed by atoms with van der Waals surface area (Å²) in [7, 11) is 0.130. The number of hydrogen-bond donors (Lipinski definition) is 0. The zero-order valence-corrected chi connectivity index (χ0v) is 18.1. The predicted molar refractivity (Wildman–Crippen MR) is 121 cm³/mol. The van der Waals surface area contributed by atoms with Gasteiger partial charge in [0, 0.05) is 5.56 Å². The van der Waals surface area contributed by atoms with E-state index in [2.05, 4.69) is 46.8 Å². The fraction of sp³-hybridized carbons (Fsp3) is 0.435. The van der Waals surface area contributed by atoms with Crippen molar-refractivity contribution in [1.29, 1.82) is 0 Å². The Bertz CT molecular complexity index is 753. The van der Waals surface area contributed by atoms with Crippen LogP contribution in [0.1, 0.15) is 68.1 Å². The van der Waals surface area contributed by atoms with Crippen LogP contribution in [0.15, 0.2) is 36.4 Å². The minimum absolute atomic E-state index is 0. The van der Waals surface area contributed by atoms with Crippen LogP contribution in [0.2, 0.25) is 0 Å². The van der Waals surface area contributed by atoms with E-state index in [1.54, 1.807) is 0 Å². The molecule has 0 aliphatic rings. The maximum atomic E-state index is 12.9.